The molecule has 23 heteroatoms. The largest absolute Gasteiger partial charge is 0.481 e. The number of piperidine rings is 1. The van der Waals surface area contributed by atoms with Crippen LogP contribution in [0.4, 0.5) is 5.69 Å². The van der Waals surface area contributed by atoms with Crippen LogP contribution in [0.5, 0.6) is 0 Å². The average Bonchev–Trinajstić information content (AvgIpc) is 3.93. The standard InChI is InChI=1S/C58H91N7O14S2/c1-11-37(4)45(31-50(68)48-18-13-15-24-64(48)8)57(73)65(9)49(36(2)3)32-51(79-40(7)66)56-63-47(35-81-56)55(72)61-43(27-39(6)58(74)75)28-41-21-20-38(5)46(29-41)62-52(69)19-16-23-60-54(71)42(30-44(67)34-80-10)17-12-14-22-59-53(70)33-77-25-26-78-76/h20-21,29,35-37,39,42-43,45,48-49,51,76H,11-19,22-28,30-34H2,1-10H3,(H,59,70)(H,60,71)(H,61,72)(H,62,69)(H,74,75)/t37?,39?,42?,43-,45+,48?,49-,51-/m1/s1. The molecule has 0 radical (unpaired) electrons. The highest BCUT2D eigenvalue weighted by Gasteiger charge is 2.38. The minimum atomic E-state index is -1.04. The summed E-state index contributed by atoms with van der Waals surface area (Å²) < 4.78 is 10.9. The molecule has 81 heavy (non-hydrogen) atoms. The molecule has 1 saturated heterocycles. The summed E-state index contributed by atoms with van der Waals surface area (Å²) in [5.74, 6) is -5.04. The Morgan fingerprint density at radius 2 is 1.68 bits per heavy atom. The topological polar surface area (TPSA) is 289 Å². The van der Waals surface area contributed by atoms with E-state index in [4.69, 9.17) is 14.7 Å². The van der Waals surface area contributed by atoms with E-state index in [2.05, 4.69) is 36.0 Å². The molecule has 0 saturated carbocycles. The van der Waals surface area contributed by atoms with Gasteiger partial charge >= 0.3 is 11.9 Å². The van der Waals surface area contributed by atoms with Crippen LogP contribution in [0.2, 0.25) is 0 Å². The minimum absolute atomic E-state index is 0.0366. The van der Waals surface area contributed by atoms with Crippen LogP contribution in [-0.4, -0.2) is 162 Å². The molecule has 0 spiro atoms. The highest BCUT2D eigenvalue weighted by molar-refractivity contribution is 7.99. The average molecular weight is 1170 g/mol. The van der Waals surface area contributed by atoms with Crippen LogP contribution in [0.15, 0.2) is 23.6 Å². The van der Waals surface area contributed by atoms with Crippen molar-refractivity contribution in [2.24, 2.45) is 29.6 Å². The van der Waals surface area contributed by atoms with E-state index in [9.17, 15) is 48.3 Å². The molecule has 2 aromatic rings. The number of nitrogens with one attached hydrogen (secondary N) is 4. The van der Waals surface area contributed by atoms with E-state index in [1.54, 1.807) is 30.3 Å². The van der Waals surface area contributed by atoms with Crippen molar-refractivity contribution in [1.29, 1.82) is 0 Å². The predicted octanol–water partition coefficient (Wildman–Crippen LogP) is 7.05. The normalized spacial score (nSPS) is 16.2. The summed E-state index contributed by atoms with van der Waals surface area (Å²) in [4.78, 5) is 130. The maximum atomic E-state index is 14.4. The zero-order chi connectivity index (χ0) is 60.2. The number of anilines is 1. The van der Waals surface area contributed by atoms with Crippen molar-refractivity contribution >= 4 is 81.8 Å². The van der Waals surface area contributed by atoms with Gasteiger partial charge < -0.3 is 40.7 Å². The summed E-state index contributed by atoms with van der Waals surface area (Å²) in [6.07, 6.45) is 7.04. The number of benzene rings is 1. The quantitative estimate of drug-likeness (QED) is 0.0169. The van der Waals surface area contributed by atoms with Gasteiger partial charge in [-0.25, -0.2) is 9.87 Å². The number of likely N-dealkylation sites (N-methyl/N-ethyl adjacent to an activating group) is 1. The van der Waals surface area contributed by atoms with Crippen molar-refractivity contribution in [1.82, 2.24) is 30.7 Å². The Morgan fingerprint density at radius 3 is 2.33 bits per heavy atom. The van der Waals surface area contributed by atoms with Gasteiger partial charge in [0.1, 0.15) is 29.7 Å². The molecule has 0 bridgehead atoms. The smallest absolute Gasteiger partial charge is 0.306 e. The molecule has 5 amide bonds. The SMILES string of the molecule is CCC(C)[C@H](CC(=O)C1CCCCN1C)C(=O)N(C)[C@H](C[C@@H](OC(C)=O)c1nc(C(=O)N[C@@H](Cc2ccc(C)c(NC(=O)CCCNC(=O)C(CCCCNC(=O)COCCOO)CC(=O)CSC)c2)CC(C)C(=O)O)cs1)C(C)C. The Morgan fingerprint density at radius 1 is 0.951 bits per heavy atom. The van der Waals surface area contributed by atoms with Crippen LogP contribution in [-0.2, 0) is 59.1 Å². The number of carbonyl (C=O) groups excluding carboxylic acids is 8. The lowest BCUT2D eigenvalue weighted by atomic mass is 9.83. The minimum Gasteiger partial charge on any atom is -0.481 e. The zero-order valence-corrected chi connectivity index (χ0v) is 50.9. The van der Waals surface area contributed by atoms with Crippen molar-refractivity contribution in [2.45, 2.75) is 163 Å². The van der Waals surface area contributed by atoms with Crippen LogP contribution in [0.3, 0.4) is 0 Å². The van der Waals surface area contributed by atoms with E-state index in [1.165, 1.54) is 18.7 Å². The Balaban J connectivity index is 1.68. The van der Waals surface area contributed by atoms with Gasteiger partial charge in [0.25, 0.3) is 5.91 Å². The summed E-state index contributed by atoms with van der Waals surface area (Å²) in [7, 11) is 3.69. The molecule has 8 atom stereocenters. The van der Waals surface area contributed by atoms with Crippen molar-refractivity contribution in [3.8, 4) is 0 Å². The lowest BCUT2D eigenvalue weighted by Gasteiger charge is -2.37. The third kappa shape index (κ3) is 25.0. The fraction of sp³-hybridized carbons (Fsp3) is 0.690. The van der Waals surface area contributed by atoms with Gasteiger partial charge in [0.2, 0.25) is 23.6 Å². The number of hydrogen-bond donors (Lipinski definition) is 6. The molecule has 2 heterocycles. The number of carboxylic acids is 1. The van der Waals surface area contributed by atoms with Crippen molar-refractivity contribution in [3.63, 3.8) is 0 Å². The van der Waals surface area contributed by atoms with Crippen molar-refractivity contribution in [2.75, 3.05) is 70.9 Å². The molecule has 1 aliphatic heterocycles. The molecule has 1 aromatic carbocycles. The van der Waals surface area contributed by atoms with Gasteiger partial charge in [-0.3, -0.25) is 53.3 Å². The van der Waals surface area contributed by atoms with E-state index >= 15 is 0 Å². The lowest BCUT2D eigenvalue weighted by molar-refractivity contribution is -0.248. The summed E-state index contributed by atoms with van der Waals surface area (Å²) in [6.45, 7) is 13.8. The van der Waals surface area contributed by atoms with E-state index < -0.39 is 53.8 Å². The van der Waals surface area contributed by atoms with Crippen LogP contribution < -0.4 is 21.3 Å². The number of thioether (sulfide) groups is 1. The fourth-order valence-electron chi connectivity index (χ4n) is 10.0. The second kappa shape index (κ2) is 37.0. The van der Waals surface area contributed by atoms with Gasteiger partial charge in [-0.1, -0.05) is 66.0 Å². The van der Waals surface area contributed by atoms with Gasteiger partial charge in [0.05, 0.1) is 24.3 Å². The Bertz CT molecular complexity index is 2370. The molecule has 0 aliphatic carbocycles. The molecule has 21 nitrogen and oxygen atoms in total. The predicted molar refractivity (Wildman–Crippen MR) is 312 cm³/mol. The number of aromatic nitrogens is 1. The number of aryl methyl sites for hydroxylation is 1. The first-order chi connectivity index (χ1) is 38.5. The summed E-state index contributed by atoms with van der Waals surface area (Å²) in [5, 5.41) is 31.7. The number of likely N-dealkylation sites (tertiary alicyclic amines) is 1. The molecular formula is C58H91N7O14S2. The van der Waals surface area contributed by atoms with Gasteiger partial charge in [-0.15, -0.1) is 11.3 Å². The fourth-order valence-corrected chi connectivity index (χ4v) is 11.3. The number of carbonyl (C=O) groups is 9. The second-order valence-corrected chi connectivity index (χ2v) is 23.6. The van der Waals surface area contributed by atoms with Crippen molar-refractivity contribution < 1.29 is 67.9 Å². The molecule has 1 aromatic heterocycles. The summed E-state index contributed by atoms with van der Waals surface area (Å²) in [5.41, 5.74) is 2.03. The Labute approximate surface area is 486 Å². The zero-order valence-electron chi connectivity index (χ0n) is 49.3. The molecule has 3 rings (SSSR count). The first-order valence-corrected chi connectivity index (χ1v) is 30.7. The first-order valence-electron chi connectivity index (χ1n) is 28.4. The number of hydrogen-bond acceptors (Lipinski definition) is 17. The molecule has 1 aliphatic rings. The van der Waals surface area contributed by atoms with Crippen LogP contribution in [0, 0.1) is 36.5 Å². The number of ketones is 2. The van der Waals surface area contributed by atoms with E-state index in [0.717, 1.165) is 42.7 Å². The number of ether oxygens (including phenoxy) is 2. The number of thiazole rings is 1. The van der Waals surface area contributed by atoms with E-state index in [-0.39, 0.29) is 129 Å². The monoisotopic (exact) mass is 1170 g/mol. The van der Waals surface area contributed by atoms with Gasteiger partial charge in [-0.2, -0.15) is 11.8 Å². The highest BCUT2D eigenvalue weighted by Crippen LogP contribution is 2.33. The number of aliphatic carboxylic acids is 1. The lowest BCUT2D eigenvalue weighted by Crippen LogP contribution is -2.48. The summed E-state index contributed by atoms with van der Waals surface area (Å²) in [6, 6.07) is 4.10. The van der Waals surface area contributed by atoms with Gasteiger partial charge in [0, 0.05) is 87.7 Å². The Hall–Kier alpha value is -5.33. The number of unbranched alkanes of at least 4 members (excludes halogenated alkanes) is 1. The third-order valence-electron chi connectivity index (χ3n) is 15.0. The molecule has 6 N–H and O–H groups in total. The molecule has 454 valence electrons. The maximum absolute atomic E-state index is 14.4. The molecule has 1 fully saturated rings. The highest BCUT2D eigenvalue weighted by atomic mass is 32.2. The number of nitrogens with zero attached hydrogens (tertiary/aromatic N) is 3. The van der Waals surface area contributed by atoms with Crippen LogP contribution in [0.25, 0.3) is 0 Å². The number of esters is 1. The summed E-state index contributed by atoms with van der Waals surface area (Å²) >= 11 is 2.51. The number of Topliss-reactive ketones (excluding diaryl/α,β-unsaturated/α-hetero) is 2. The van der Waals surface area contributed by atoms with Crippen LogP contribution in [0.1, 0.15) is 158 Å². The maximum Gasteiger partial charge on any atom is 0.306 e. The Kier molecular flexibility index (Phi) is 31.9. The van der Waals surface area contributed by atoms with Crippen LogP contribution >= 0.6 is 23.1 Å². The van der Waals surface area contributed by atoms with E-state index in [1.807, 2.05) is 60.1 Å². The third-order valence-corrected chi connectivity index (χ3v) is 16.5. The number of rotatable bonds is 39. The second-order valence-electron chi connectivity index (χ2n) is 21.9. The first kappa shape index (κ1) is 69.9. The van der Waals surface area contributed by atoms with E-state index in [0.29, 0.717) is 54.9 Å². The number of amides is 5. The molecular weight excluding hydrogens is 1080 g/mol. The van der Waals surface area contributed by atoms with Gasteiger partial charge in [0.15, 0.2) is 11.9 Å². The molecule has 4 unspecified atom stereocenters. The number of carboxylic acid groups (broad SMARTS) is 1. The van der Waals surface area contributed by atoms with Gasteiger partial charge in [-0.05, 0) is 101 Å². The van der Waals surface area contributed by atoms with Crippen molar-refractivity contribution in [3.05, 3.63) is 45.4 Å².